The highest BCUT2D eigenvalue weighted by atomic mass is 32.3. The van der Waals surface area contributed by atoms with Crippen LogP contribution in [0.3, 0.4) is 0 Å². The monoisotopic (exact) mass is 332 g/mol. The summed E-state index contributed by atoms with van der Waals surface area (Å²) in [6.07, 6.45) is 7.16. The van der Waals surface area contributed by atoms with E-state index in [1.807, 2.05) is 25.1 Å². The van der Waals surface area contributed by atoms with Gasteiger partial charge in [-0.2, -0.15) is 0 Å². The molecule has 1 N–H and O–H groups in total. The molecule has 0 saturated carbocycles. The Morgan fingerprint density at radius 1 is 1.30 bits per heavy atom. The molecule has 0 bridgehead atoms. The number of amides is 1. The van der Waals surface area contributed by atoms with E-state index in [0.29, 0.717) is 6.42 Å². The maximum Gasteiger partial charge on any atom is 0.225 e. The summed E-state index contributed by atoms with van der Waals surface area (Å²) in [4.78, 5) is 19.4. The van der Waals surface area contributed by atoms with Gasteiger partial charge in [0.15, 0.2) is 5.17 Å². The maximum atomic E-state index is 12.0. The number of amidine groups is 1. The molecule has 5 heteroatoms. The van der Waals surface area contributed by atoms with Crippen molar-refractivity contribution in [3.05, 3.63) is 34.9 Å². The van der Waals surface area contributed by atoms with Crippen molar-refractivity contribution in [3.63, 3.8) is 0 Å². The molecule has 0 fully saturated rings. The second-order valence-electron chi connectivity index (χ2n) is 5.97. The van der Waals surface area contributed by atoms with E-state index in [4.69, 9.17) is 9.73 Å². The molecular formula is C18H24N2O2S. The standard InChI is InChI=1S/C18H24N2O2S/c1-4-17(21)20-18-19-13-9-5-7-11-15(13)23(18,3)16-12-8-6-10-14(16)22-2/h6,8,10,12H,4-5,7,9,11H2,1-3H3,(H,19,20,21). The molecule has 1 heterocycles. The first-order valence-electron chi connectivity index (χ1n) is 8.13. The molecule has 23 heavy (non-hydrogen) atoms. The van der Waals surface area contributed by atoms with Gasteiger partial charge >= 0.3 is 0 Å². The van der Waals surface area contributed by atoms with E-state index < -0.39 is 10.0 Å². The first-order chi connectivity index (χ1) is 11.1. The van der Waals surface area contributed by atoms with Crippen molar-refractivity contribution in [2.75, 3.05) is 13.4 Å². The molecule has 1 unspecified atom stereocenters. The van der Waals surface area contributed by atoms with Crippen molar-refractivity contribution >= 4 is 21.1 Å². The summed E-state index contributed by atoms with van der Waals surface area (Å²) in [5, 5.41) is 3.91. The van der Waals surface area contributed by atoms with Crippen LogP contribution < -0.4 is 10.1 Å². The third-order valence-corrected chi connectivity index (χ3v) is 8.19. The van der Waals surface area contributed by atoms with E-state index in [-0.39, 0.29) is 5.91 Å². The fraction of sp³-hybridized carbons (Fsp3) is 0.444. The number of ether oxygens (including phenoxy) is 1. The van der Waals surface area contributed by atoms with Gasteiger partial charge in [0.25, 0.3) is 0 Å². The van der Waals surface area contributed by atoms with Crippen LogP contribution in [0.5, 0.6) is 5.75 Å². The maximum absolute atomic E-state index is 12.0. The van der Waals surface area contributed by atoms with E-state index in [9.17, 15) is 4.79 Å². The van der Waals surface area contributed by atoms with Crippen LogP contribution in [0, 0.1) is 0 Å². The van der Waals surface area contributed by atoms with Gasteiger partial charge in [-0.3, -0.25) is 4.79 Å². The molecule has 124 valence electrons. The van der Waals surface area contributed by atoms with E-state index in [2.05, 4.69) is 17.6 Å². The summed E-state index contributed by atoms with van der Waals surface area (Å²) in [6, 6.07) is 8.13. The second-order valence-corrected chi connectivity index (χ2v) is 9.12. The number of para-hydroxylation sites is 1. The van der Waals surface area contributed by atoms with Gasteiger partial charge in [-0.15, -0.1) is 10.0 Å². The summed E-state index contributed by atoms with van der Waals surface area (Å²) in [5.41, 5.74) is 1.19. The minimum atomic E-state index is -1.50. The van der Waals surface area contributed by atoms with E-state index in [0.717, 1.165) is 28.7 Å². The molecule has 1 amide bonds. The second kappa shape index (κ2) is 6.40. The lowest BCUT2D eigenvalue weighted by Crippen LogP contribution is -2.32. The van der Waals surface area contributed by atoms with Crippen molar-refractivity contribution in [1.29, 1.82) is 0 Å². The quantitative estimate of drug-likeness (QED) is 0.903. The predicted octanol–water partition coefficient (Wildman–Crippen LogP) is 4.17. The van der Waals surface area contributed by atoms with Crippen molar-refractivity contribution < 1.29 is 9.53 Å². The molecule has 1 atom stereocenters. The number of carbonyl (C=O) groups excluding carboxylic acids is 1. The van der Waals surface area contributed by atoms with Gasteiger partial charge in [0.1, 0.15) is 5.75 Å². The van der Waals surface area contributed by atoms with Gasteiger partial charge in [-0.25, -0.2) is 4.99 Å². The van der Waals surface area contributed by atoms with Gasteiger partial charge in [0, 0.05) is 11.3 Å². The number of benzene rings is 1. The molecule has 0 saturated heterocycles. The lowest BCUT2D eigenvalue weighted by molar-refractivity contribution is -0.119. The van der Waals surface area contributed by atoms with Crippen molar-refractivity contribution in [2.24, 2.45) is 4.99 Å². The Bertz CT molecular complexity index is 696. The van der Waals surface area contributed by atoms with Crippen LogP contribution in [0.25, 0.3) is 0 Å². The summed E-state index contributed by atoms with van der Waals surface area (Å²) < 4.78 is 5.61. The minimum absolute atomic E-state index is 0.0252. The highest BCUT2D eigenvalue weighted by molar-refractivity contribution is 8.48. The lowest BCUT2D eigenvalue weighted by atomic mass is 10.1. The molecule has 1 aliphatic carbocycles. The number of rotatable bonds is 3. The van der Waals surface area contributed by atoms with Crippen molar-refractivity contribution in [1.82, 2.24) is 5.32 Å². The van der Waals surface area contributed by atoms with Crippen LogP contribution in [-0.2, 0) is 4.79 Å². The Hall–Kier alpha value is -1.75. The Labute approximate surface area is 139 Å². The summed E-state index contributed by atoms with van der Waals surface area (Å²) >= 11 is 0. The number of hydrogen-bond acceptors (Lipinski definition) is 3. The summed E-state index contributed by atoms with van der Waals surface area (Å²) in [7, 11) is 0.203. The number of allylic oxidation sites excluding steroid dienone is 2. The zero-order valence-electron chi connectivity index (χ0n) is 14.0. The van der Waals surface area contributed by atoms with Gasteiger partial charge in [0.05, 0.1) is 12.8 Å². The molecule has 1 aliphatic heterocycles. The van der Waals surface area contributed by atoms with Crippen LogP contribution in [0.15, 0.2) is 44.8 Å². The normalized spacial score (nSPS) is 26.1. The van der Waals surface area contributed by atoms with Crippen LogP contribution >= 0.6 is 10.0 Å². The van der Waals surface area contributed by atoms with Crippen molar-refractivity contribution in [2.45, 2.75) is 43.9 Å². The average Bonchev–Trinajstić information content (AvgIpc) is 2.88. The van der Waals surface area contributed by atoms with Gasteiger partial charge < -0.3 is 10.1 Å². The van der Waals surface area contributed by atoms with Crippen LogP contribution in [-0.4, -0.2) is 24.4 Å². The van der Waals surface area contributed by atoms with Gasteiger partial charge in [-0.05, 0) is 49.0 Å². The SMILES string of the molecule is CCC(=O)NC1=NC2=C(CCCC2)S1(C)c1ccccc1OC. The molecule has 0 radical (unpaired) electrons. The average molecular weight is 332 g/mol. The Balaban J connectivity index is 2.12. The van der Waals surface area contributed by atoms with Crippen LogP contribution in [0.4, 0.5) is 0 Å². The van der Waals surface area contributed by atoms with Crippen LogP contribution in [0.1, 0.15) is 39.0 Å². The third-order valence-electron chi connectivity index (χ3n) is 4.58. The number of nitrogens with zero attached hydrogens (tertiary/aromatic N) is 1. The smallest absolute Gasteiger partial charge is 0.225 e. The molecule has 1 aromatic rings. The molecule has 2 aliphatic rings. The Morgan fingerprint density at radius 2 is 2.04 bits per heavy atom. The molecule has 0 spiro atoms. The lowest BCUT2D eigenvalue weighted by Gasteiger charge is -2.38. The molecule has 4 nitrogen and oxygen atoms in total. The largest absolute Gasteiger partial charge is 0.496 e. The third kappa shape index (κ3) is 2.67. The van der Waals surface area contributed by atoms with E-state index in [1.165, 1.54) is 23.4 Å². The first kappa shape index (κ1) is 16.1. The summed E-state index contributed by atoms with van der Waals surface area (Å²) in [6.45, 7) is 1.87. The molecular weight excluding hydrogens is 308 g/mol. The number of hydrogen-bond donors (Lipinski definition) is 1. The van der Waals surface area contributed by atoms with Gasteiger partial charge in [-0.1, -0.05) is 19.1 Å². The molecule has 3 rings (SSSR count). The van der Waals surface area contributed by atoms with Crippen molar-refractivity contribution in [3.8, 4) is 5.75 Å². The predicted molar refractivity (Wildman–Crippen MR) is 96.1 cm³/mol. The zero-order valence-corrected chi connectivity index (χ0v) is 14.8. The zero-order chi connectivity index (χ0) is 16.4. The van der Waals surface area contributed by atoms with E-state index >= 15 is 0 Å². The summed E-state index contributed by atoms with van der Waals surface area (Å²) in [5.74, 6) is 0.903. The fourth-order valence-corrected chi connectivity index (χ4v) is 6.67. The Kier molecular flexibility index (Phi) is 4.48. The number of nitrogens with one attached hydrogen (secondary N) is 1. The Morgan fingerprint density at radius 3 is 2.78 bits per heavy atom. The molecule has 0 aromatic heterocycles. The fourth-order valence-electron chi connectivity index (χ4n) is 3.28. The van der Waals surface area contributed by atoms with Gasteiger partial charge in [0.2, 0.25) is 5.91 Å². The highest BCUT2D eigenvalue weighted by Crippen LogP contribution is 2.68. The number of methoxy groups -OCH3 is 1. The topological polar surface area (TPSA) is 50.7 Å². The van der Waals surface area contributed by atoms with Crippen LogP contribution in [0.2, 0.25) is 0 Å². The first-order valence-corrected chi connectivity index (χ1v) is 10.2. The highest BCUT2D eigenvalue weighted by Gasteiger charge is 2.41. The molecule has 1 aromatic carbocycles. The number of aliphatic imine (C=N–C) groups is 1. The number of carbonyl (C=O) groups is 1. The minimum Gasteiger partial charge on any atom is -0.496 e. The van der Waals surface area contributed by atoms with E-state index in [1.54, 1.807) is 7.11 Å².